The molecule has 0 N–H and O–H groups in total. The third-order valence-corrected chi connectivity index (χ3v) is 6.64. The quantitative estimate of drug-likeness (QED) is 0.529. The largest absolute Gasteiger partial charge is 0.454 e. The van der Waals surface area contributed by atoms with Crippen LogP contribution in [0.3, 0.4) is 0 Å². The number of ketones is 1. The number of sulfone groups is 1. The number of esters is 1. The molecule has 0 spiro atoms. The van der Waals surface area contributed by atoms with E-state index in [0.29, 0.717) is 5.56 Å². The fourth-order valence-electron chi connectivity index (χ4n) is 3.09. The van der Waals surface area contributed by atoms with Gasteiger partial charge in [0.15, 0.2) is 16.4 Å². The maximum absolute atomic E-state index is 12.7. The zero-order chi connectivity index (χ0) is 21.4. The van der Waals surface area contributed by atoms with E-state index in [4.69, 9.17) is 16.3 Å². The molecule has 0 amide bonds. The van der Waals surface area contributed by atoms with Crippen LogP contribution in [0.5, 0.6) is 0 Å². The van der Waals surface area contributed by atoms with Gasteiger partial charge in [0.25, 0.3) is 0 Å². The van der Waals surface area contributed by atoms with Gasteiger partial charge in [0, 0.05) is 11.8 Å². The highest BCUT2D eigenvalue weighted by Crippen LogP contribution is 2.27. The van der Waals surface area contributed by atoms with E-state index in [1.165, 1.54) is 12.1 Å². The molecule has 0 aromatic heterocycles. The normalized spacial score (nSPS) is 11.4. The van der Waals surface area contributed by atoms with Gasteiger partial charge in [-0.3, -0.25) is 4.79 Å². The molecule has 5 nitrogen and oxygen atoms in total. The van der Waals surface area contributed by atoms with Gasteiger partial charge in [0.1, 0.15) is 0 Å². The van der Waals surface area contributed by atoms with Gasteiger partial charge in [-0.25, -0.2) is 13.2 Å². The summed E-state index contributed by atoms with van der Waals surface area (Å²) in [5.74, 6) is -1.16. The Bertz CT molecular complexity index is 1060. The first-order valence-electron chi connectivity index (χ1n) is 8.63. The first-order valence-corrected chi connectivity index (χ1v) is 10.9. The maximum atomic E-state index is 12.7. The zero-order valence-corrected chi connectivity index (χ0v) is 18.3. The minimum Gasteiger partial charge on any atom is -0.454 e. The Morgan fingerprint density at radius 2 is 1.43 bits per heavy atom. The second kappa shape index (κ2) is 8.05. The van der Waals surface area contributed by atoms with E-state index >= 15 is 0 Å². The topological polar surface area (TPSA) is 77.5 Å². The van der Waals surface area contributed by atoms with Crippen LogP contribution in [0, 0.1) is 34.6 Å². The predicted molar refractivity (Wildman–Crippen MR) is 109 cm³/mol. The molecule has 2 rings (SSSR count). The van der Waals surface area contributed by atoms with Crippen LogP contribution in [0.4, 0.5) is 0 Å². The number of halogens is 1. The van der Waals surface area contributed by atoms with Crippen molar-refractivity contribution in [2.45, 2.75) is 39.5 Å². The fraction of sp³-hybridized carbons (Fsp3) is 0.333. The van der Waals surface area contributed by atoms with Gasteiger partial charge in [-0.05, 0) is 80.6 Å². The van der Waals surface area contributed by atoms with Crippen LogP contribution in [-0.2, 0) is 14.6 Å². The highest BCUT2D eigenvalue weighted by Gasteiger charge is 2.21. The van der Waals surface area contributed by atoms with E-state index in [-0.39, 0.29) is 21.3 Å². The van der Waals surface area contributed by atoms with E-state index < -0.39 is 22.4 Å². The summed E-state index contributed by atoms with van der Waals surface area (Å²) in [6.45, 7) is 9.21. The van der Waals surface area contributed by atoms with E-state index in [9.17, 15) is 18.0 Å². The summed E-state index contributed by atoms with van der Waals surface area (Å²) >= 11 is 6.00. The van der Waals surface area contributed by atoms with Gasteiger partial charge >= 0.3 is 5.97 Å². The molecule has 0 aliphatic heterocycles. The molecule has 0 unspecified atom stereocenters. The van der Waals surface area contributed by atoms with Gasteiger partial charge in [-0.1, -0.05) is 11.6 Å². The van der Waals surface area contributed by atoms with E-state index in [2.05, 4.69) is 0 Å². The molecule has 0 radical (unpaired) electrons. The molecular weight excluding hydrogens is 400 g/mol. The lowest BCUT2D eigenvalue weighted by molar-refractivity contribution is 0.0474. The molecule has 2 aromatic rings. The number of carbonyl (C=O) groups is 2. The van der Waals surface area contributed by atoms with Crippen molar-refractivity contribution in [1.29, 1.82) is 0 Å². The SMILES string of the molecule is Cc1c(C)c(C)c(C(=O)COC(=O)c2cc(S(C)(=O)=O)ccc2Cl)c(C)c1C. The Labute approximate surface area is 170 Å². The fourth-order valence-corrected chi connectivity index (χ4v) is 3.93. The monoisotopic (exact) mass is 422 g/mol. The second-order valence-corrected chi connectivity index (χ2v) is 9.34. The molecular formula is C21H23ClO5S. The average Bonchev–Trinajstić information content (AvgIpc) is 2.62. The van der Waals surface area contributed by atoms with Crippen LogP contribution < -0.4 is 0 Å². The summed E-state index contributed by atoms with van der Waals surface area (Å²) < 4.78 is 28.5. The first kappa shape index (κ1) is 22.1. The number of carbonyl (C=O) groups excluding carboxylic acids is 2. The van der Waals surface area contributed by atoms with Crippen molar-refractivity contribution in [3.63, 3.8) is 0 Å². The molecule has 0 heterocycles. The van der Waals surface area contributed by atoms with E-state index in [1.807, 2.05) is 34.6 Å². The summed E-state index contributed by atoms with van der Waals surface area (Å²) in [7, 11) is -3.51. The lowest BCUT2D eigenvalue weighted by Crippen LogP contribution is -2.18. The van der Waals surface area contributed by atoms with Crippen LogP contribution in [0.2, 0.25) is 5.02 Å². The van der Waals surface area contributed by atoms with Crippen molar-refractivity contribution in [1.82, 2.24) is 0 Å². The Balaban J connectivity index is 2.29. The molecule has 0 atom stereocenters. The third kappa shape index (κ3) is 4.28. The number of hydrogen-bond donors (Lipinski definition) is 0. The minimum absolute atomic E-state index is 0.0494. The molecule has 28 heavy (non-hydrogen) atoms. The van der Waals surface area contributed by atoms with Gasteiger partial charge in [-0.15, -0.1) is 0 Å². The lowest BCUT2D eigenvalue weighted by Gasteiger charge is -2.18. The second-order valence-electron chi connectivity index (χ2n) is 6.91. The van der Waals surface area contributed by atoms with E-state index in [1.54, 1.807) is 0 Å². The molecule has 0 fully saturated rings. The molecule has 0 aliphatic rings. The number of Topliss-reactive ketones (excluding diaryl/α,β-unsaturated/α-hetero) is 1. The molecule has 7 heteroatoms. The van der Waals surface area contributed by atoms with Crippen molar-refractivity contribution >= 4 is 33.2 Å². The predicted octanol–water partition coefficient (Wildman–Crippen LogP) is 4.33. The van der Waals surface area contributed by atoms with Crippen LogP contribution in [0.1, 0.15) is 48.5 Å². The Hall–Kier alpha value is -2.18. The molecule has 0 saturated heterocycles. The smallest absolute Gasteiger partial charge is 0.340 e. The lowest BCUT2D eigenvalue weighted by atomic mass is 9.88. The summed E-state index contributed by atoms with van der Waals surface area (Å²) in [6, 6.07) is 3.78. The standard InChI is InChI=1S/C21H23ClO5S/c1-11-12(2)14(4)20(15(5)13(11)3)19(23)10-27-21(24)17-9-16(28(6,25)26)7-8-18(17)22/h7-9H,10H2,1-6H3. The Morgan fingerprint density at radius 1 is 0.929 bits per heavy atom. The highest BCUT2D eigenvalue weighted by atomic mass is 35.5. The molecule has 150 valence electrons. The number of benzene rings is 2. The van der Waals surface area contributed by atoms with Crippen molar-refractivity contribution < 1.29 is 22.7 Å². The van der Waals surface area contributed by atoms with Gasteiger partial charge in [-0.2, -0.15) is 0 Å². The van der Waals surface area contributed by atoms with Crippen LogP contribution in [-0.4, -0.2) is 33.0 Å². The Morgan fingerprint density at radius 3 is 1.93 bits per heavy atom. The van der Waals surface area contributed by atoms with Crippen molar-refractivity contribution in [2.75, 3.05) is 12.9 Å². The minimum atomic E-state index is -3.51. The first-order chi connectivity index (χ1) is 12.9. The molecule has 0 aliphatic carbocycles. The number of ether oxygens (including phenoxy) is 1. The third-order valence-electron chi connectivity index (χ3n) is 5.20. The van der Waals surface area contributed by atoms with Crippen LogP contribution in [0.15, 0.2) is 23.1 Å². The highest BCUT2D eigenvalue weighted by molar-refractivity contribution is 7.90. The molecule has 0 saturated carbocycles. The number of rotatable bonds is 5. The van der Waals surface area contributed by atoms with Gasteiger partial charge in [0.2, 0.25) is 5.78 Å². The summed E-state index contributed by atoms with van der Waals surface area (Å²) in [5, 5.41) is 0.0548. The van der Waals surface area contributed by atoms with Crippen molar-refractivity contribution in [3.8, 4) is 0 Å². The number of hydrogen-bond acceptors (Lipinski definition) is 5. The summed E-state index contributed by atoms with van der Waals surface area (Å²) in [5.41, 5.74) is 5.36. The zero-order valence-electron chi connectivity index (χ0n) is 16.8. The Kier molecular flexibility index (Phi) is 6.36. The summed E-state index contributed by atoms with van der Waals surface area (Å²) in [6.07, 6.45) is 1.03. The van der Waals surface area contributed by atoms with Crippen molar-refractivity contribution in [2.24, 2.45) is 0 Å². The van der Waals surface area contributed by atoms with Gasteiger partial charge < -0.3 is 4.74 Å². The summed E-state index contributed by atoms with van der Waals surface area (Å²) in [4.78, 5) is 25.1. The van der Waals surface area contributed by atoms with Crippen LogP contribution in [0.25, 0.3) is 0 Å². The molecule has 2 aromatic carbocycles. The molecule has 0 bridgehead atoms. The van der Waals surface area contributed by atoms with Crippen molar-refractivity contribution in [3.05, 3.63) is 62.2 Å². The van der Waals surface area contributed by atoms with E-state index in [0.717, 1.165) is 40.1 Å². The average molecular weight is 423 g/mol. The van der Waals surface area contributed by atoms with Crippen LogP contribution >= 0.6 is 11.6 Å². The van der Waals surface area contributed by atoms with Gasteiger partial charge in [0.05, 0.1) is 15.5 Å². The maximum Gasteiger partial charge on any atom is 0.340 e.